The molecular weight excluding hydrogens is 448 g/mol. The molecule has 0 bridgehead atoms. The van der Waals surface area contributed by atoms with Crippen molar-refractivity contribution < 1.29 is 24.6 Å². The lowest BCUT2D eigenvalue weighted by Crippen LogP contribution is -2.56. The summed E-state index contributed by atoms with van der Waals surface area (Å²) in [5.41, 5.74) is 8.57. The fraction of sp³-hybridized carbons (Fsp3) is 0.346. The number of para-hydroxylation sites is 1. The van der Waals surface area contributed by atoms with Gasteiger partial charge in [-0.2, -0.15) is 0 Å². The molecule has 2 amide bonds. The van der Waals surface area contributed by atoms with Gasteiger partial charge in [-0.3, -0.25) is 9.59 Å². The van der Waals surface area contributed by atoms with Crippen molar-refractivity contribution in [2.45, 2.75) is 51.2 Å². The van der Waals surface area contributed by atoms with Gasteiger partial charge in [-0.25, -0.2) is 4.79 Å². The van der Waals surface area contributed by atoms with Crippen LogP contribution in [0, 0.1) is 5.92 Å². The van der Waals surface area contributed by atoms with Crippen molar-refractivity contribution in [2.75, 3.05) is 0 Å². The van der Waals surface area contributed by atoms with Gasteiger partial charge >= 0.3 is 5.97 Å². The zero-order valence-electron chi connectivity index (χ0n) is 19.8. The number of rotatable bonds is 11. The normalized spacial score (nSPS) is 14.6. The van der Waals surface area contributed by atoms with E-state index in [-0.39, 0.29) is 24.5 Å². The Kier molecular flexibility index (Phi) is 8.48. The number of aromatic amines is 1. The van der Waals surface area contributed by atoms with Crippen molar-refractivity contribution in [3.8, 4) is 5.75 Å². The fourth-order valence-electron chi connectivity index (χ4n) is 3.92. The van der Waals surface area contributed by atoms with E-state index in [0.29, 0.717) is 6.42 Å². The fourth-order valence-corrected chi connectivity index (χ4v) is 3.92. The van der Waals surface area contributed by atoms with Gasteiger partial charge in [0.25, 0.3) is 0 Å². The number of hydrogen-bond donors (Lipinski definition) is 6. The third-order valence-corrected chi connectivity index (χ3v) is 6.24. The topological polar surface area (TPSA) is 158 Å². The molecule has 4 atom stereocenters. The van der Waals surface area contributed by atoms with E-state index >= 15 is 0 Å². The summed E-state index contributed by atoms with van der Waals surface area (Å²) in [6, 6.07) is 10.9. The Morgan fingerprint density at radius 1 is 1.00 bits per heavy atom. The number of aromatic hydroxyl groups is 1. The molecule has 3 rings (SSSR count). The zero-order valence-corrected chi connectivity index (χ0v) is 19.8. The zero-order chi connectivity index (χ0) is 25.5. The van der Waals surface area contributed by atoms with Gasteiger partial charge in [0.15, 0.2) is 0 Å². The number of nitrogens with two attached hydrogens (primary N) is 1. The second kappa shape index (κ2) is 11.5. The van der Waals surface area contributed by atoms with Crippen LogP contribution in [0.4, 0.5) is 0 Å². The van der Waals surface area contributed by atoms with Crippen molar-refractivity contribution in [1.82, 2.24) is 15.6 Å². The smallest absolute Gasteiger partial charge is 0.326 e. The first-order valence-electron chi connectivity index (χ1n) is 11.6. The Balaban J connectivity index is 1.80. The predicted molar refractivity (Wildman–Crippen MR) is 133 cm³/mol. The standard InChI is InChI=1S/C26H32N4O5/c1-3-15(2)23(26(34)35)30-25(33)22(13-17-14-28-21-7-5-4-6-19(17)21)29-24(32)20(27)12-16-8-10-18(31)11-9-16/h4-11,14-15,20,22-23,28,31H,3,12-13,27H2,1-2H3,(H,29,32)(H,30,33)(H,34,35)/t15-,20-,22-,23-/m0/s1. The van der Waals surface area contributed by atoms with Gasteiger partial charge in [-0.1, -0.05) is 50.6 Å². The molecule has 0 aliphatic rings. The number of benzene rings is 2. The molecule has 2 aromatic carbocycles. The van der Waals surface area contributed by atoms with Crippen molar-refractivity contribution >= 4 is 28.7 Å². The van der Waals surface area contributed by atoms with E-state index in [0.717, 1.165) is 22.0 Å². The summed E-state index contributed by atoms with van der Waals surface area (Å²) in [5, 5.41) is 25.3. The number of carboxylic acid groups (broad SMARTS) is 1. The summed E-state index contributed by atoms with van der Waals surface area (Å²) in [7, 11) is 0. The van der Waals surface area contributed by atoms with Crippen LogP contribution < -0.4 is 16.4 Å². The first kappa shape index (κ1) is 25.8. The van der Waals surface area contributed by atoms with E-state index in [1.807, 2.05) is 31.2 Å². The molecule has 1 aromatic heterocycles. The van der Waals surface area contributed by atoms with Gasteiger partial charge in [0.1, 0.15) is 17.8 Å². The molecule has 0 saturated heterocycles. The van der Waals surface area contributed by atoms with Crippen LogP contribution in [0.15, 0.2) is 54.7 Å². The van der Waals surface area contributed by atoms with E-state index in [4.69, 9.17) is 5.73 Å². The Morgan fingerprint density at radius 3 is 2.34 bits per heavy atom. The SMILES string of the molecule is CC[C@H](C)[C@H](NC(=O)[C@H](Cc1c[nH]c2ccccc12)NC(=O)[C@@H](N)Cc1ccc(O)cc1)C(=O)O. The number of hydrogen-bond acceptors (Lipinski definition) is 5. The predicted octanol–water partition coefficient (Wildman–Crippen LogP) is 2.09. The lowest BCUT2D eigenvalue weighted by atomic mass is 9.97. The molecule has 0 saturated carbocycles. The van der Waals surface area contributed by atoms with E-state index in [9.17, 15) is 24.6 Å². The number of carbonyl (C=O) groups excluding carboxylic acids is 2. The van der Waals surface area contributed by atoms with E-state index in [1.54, 1.807) is 25.3 Å². The Bertz CT molecular complexity index is 1170. The maximum Gasteiger partial charge on any atom is 0.326 e. The van der Waals surface area contributed by atoms with Crippen LogP contribution in [0.25, 0.3) is 10.9 Å². The monoisotopic (exact) mass is 480 g/mol. The van der Waals surface area contributed by atoms with E-state index in [2.05, 4.69) is 15.6 Å². The van der Waals surface area contributed by atoms with Crippen LogP contribution in [0.1, 0.15) is 31.4 Å². The van der Waals surface area contributed by atoms with Crippen molar-refractivity contribution in [2.24, 2.45) is 11.7 Å². The van der Waals surface area contributed by atoms with Crippen LogP contribution in [0.2, 0.25) is 0 Å². The number of H-pyrrole nitrogens is 1. The summed E-state index contributed by atoms with van der Waals surface area (Å²) in [6.45, 7) is 3.60. The molecule has 3 aromatic rings. The number of phenols is 1. The van der Waals surface area contributed by atoms with Crippen LogP contribution in [0.5, 0.6) is 5.75 Å². The van der Waals surface area contributed by atoms with Crippen LogP contribution >= 0.6 is 0 Å². The highest BCUT2D eigenvalue weighted by molar-refractivity contribution is 5.93. The molecule has 0 unspecified atom stereocenters. The number of fused-ring (bicyclic) bond motifs is 1. The highest BCUT2D eigenvalue weighted by Crippen LogP contribution is 2.20. The molecule has 9 heteroatoms. The number of nitrogens with one attached hydrogen (secondary N) is 3. The van der Waals surface area contributed by atoms with Gasteiger partial charge in [0.2, 0.25) is 11.8 Å². The average molecular weight is 481 g/mol. The molecule has 0 fully saturated rings. The molecule has 0 spiro atoms. The number of carbonyl (C=O) groups is 3. The third kappa shape index (κ3) is 6.60. The Morgan fingerprint density at radius 2 is 1.69 bits per heavy atom. The third-order valence-electron chi connectivity index (χ3n) is 6.24. The summed E-state index contributed by atoms with van der Waals surface area (Å²) in [5.74, 6) is -2.44. The van der Waals surface area contributed by atoms with Crippen LogP contribution in [-0.4, -0.2) is 51.1 Å². The molecule has 0 aliphatic carbocycles. The molecule has 7 N–H and O–H groups in total. The van der Waals surface area contributed by atoms with Gasteiger partial charge < -0.3 is 31.6 Å². The first-order valence-corrected chi connectivity index (χ1v) is 11.6. The number of aromatic nitrogens is 1. The van der Waals surface area contributed by atoms with E-state index in [1.165, 1.54) is 12.1 Å². The number of aliphatic carboxylic acids is 1. The maximum absolute atomic E-state index is 13.2. The van der Waals surface area contributed by atoms with Gasteiger partial charge in [-0.15, -0.1) is 0 Å². The first-order chi connectivity index (χ1) is 16.7. The minimum Gasteiger partial charge on any atom is -0.508 e. The summed E-state index contributed by atoms with van der Waals surface area (Å²) < 4.78 is 0. The maximum atomic E-state index is 13.2. The molecule has 0 aliphatic heterocycles. The molecule has 35 heavy (non-hydrogen) atoms. The molecule has 9 nitrogen and oxygen atoms in total. The number of carboxylic acids is 1. The van der Waals surface area contributed by atoms with Crippen molar-refractivity contribution in [1.29, 1.82) is 0 Å². The summed E-state index contributed by atoms with van der Waals surface area (Å²) in [6.07, 6.45) is 2.70. The largest absolute Gasteiger partial charge is 0.508 e. The average Bonchev–Trinajstić information content (AvgIpc) is 3.25. The molecule has 0 radical (unpaired) electrons. The Labute approximate surface area is 203 Å². The van der Waals surface area contributed by atoms with Crippen LogP contribution in [-0.2, 0) is 27.2 Å². The van der Waals surface area contributed by atoms with Crippen molar-refractivity contribution in [3.05, 3.63) is 65.9 Å². The van der Waals surface area contributed by atoms with Crippen molar-refractivity contribution in [3.63, 3.8) is 0 Å². The number of phenolic OH excluding ortho intramolecular Hbond substituents is 1. The van der Waals surface area contributed by atoms with Gasteiger partial charge in [0.05, 0.1) is 6.04 Å². The van der Waals surface area contributed by atoms with Crippen LogP contribution in [0.3, 0.4) is 0 Å². The van der Waals surface area contributed by atoms with Gasteiger partial charge in [-0.05, 0) is 41.7 Å². The lowest BCUT2D eigenvalue weighted by Gasteiger charge is -2.25. The second-order valence-electron chi connectivity index (χ2n) is 8.81. The molecule has 1 heterocycles. The van der Waals surface area contributed by atoms with E-state index < -0.39 is 35.9 Å². The van der Waals surface area contributed by atoms with Gasteiger partial charge in [0, 0.05) is 23.5 Å². The highest BCUT2D eigenvalue weighted by atomic mass is 16.4. The molecular formula is C26H32N4O5. The quantitative estimate of drug-likeness (QED) is 0.247. The minimum atomic E-state index is -1.13. The summed E-state index contributed by atoms with van der Waals surface area (Å²) in [4.78, 5) is 41.1. The lowest BCUT2D eigenvalue weighted by molar-refractivity contribution is -0.143. The minimum absolute atomic E-state index is 0.108. The second-order valence-corrected chi connectivity index (χ2v) is 8.81. The number of amides is 2. The molecule has 186 valence electrons. The highest BCUT2D eigenvalue weighted by Gasteiger charge is 2.31. The Hall–Kier alpha value is -3.85. The summed E-state index contributed by atoms with van der Waals surface area (Å²) >= 11 is 0.